The third kappa shape index (κ3) is 4.78. The molecule has 7 heteroatoms. The summed E-state index contributed by atoms with van der Waals surface area (Å²) in [5.74, 6) is 0.590. The van der Waals surface area contributed by atoms with Crippen LogP contribution in [0.2, 0.25) is 0 Å². The molecule has 1 aromatic carbocycles. The quantitative estimate of drug-likeness (QED) is 0.603. The first kappa shape index (κ1) is 15.9. The molecule has 2 rings (SSSR count). The molecule has 2 N–H and O–H groups in total. The van der Waals surface area contributed by atoms with Gasteiger partial charge in [-0.2, -0.15) is 0 Å². The average molecular weight is 356 g/mol. The van der Waals surface area contributed by atoms with Crippen LogP contribution in [0.4, 0.5) is 5.69 Å². The number of carbonyl (C=O) groups excluding carboxylic acids is 1. The molecule has 114 valence electrons. The monoisotopic (exact) mass is 355 g/mol. The molecule has 1 amide bonds. The van der Waals surface area contributed by atoms with E-state index in [4.69, 9.17) is 0 Å². The largest absolute Gasteiger partial charge is 0.356 e. The topological polar surface area (TPSA) is 84.3 Å². The first-order chi connectivity index (χ1) is 10.1. The van der Waals surface area contributed by atoms with Crippen LogP contribution in [0.25, 0.3) is 0 Å². The molecular weight excluding hydrogens is 338 g/mol. The fraction of sp³-hybridized carbons (Fsp3) is 0.500. The first-order valence-electron chi connectivity index (χ1n) is 6.96. The van der Waals surface area contributed by atoms with Gasteiger partial charge < -0.3 is 10.6 Å². The van der Waals surface area contributed by atoms with Gasteiger partial charge in [0.1, 0.15) is 0 Å². The van der Waals surface area contributed by atoms with Crippen LogP contribution in [0.1, 0.15) is 18.4 Å². The number of amides is 1. The van der Waals surface area contributed by atoms with Gasteiger partial charge in [-0.1, -0.05) is 22.0 Å². The zero-order chi connectivity index (χ0) is 15.2. The molecule has 1 atom stereocenters. The second-order valence-corrected chi connectivity index (χ2v) is 6.06. The molecule has 21 heavy (non-hydrogen) atoms. The highest BCUT2D eigenvalue weighted by Crippen LogP contribution is 2.23. The Morgan fingerprint density at radius 1 is 1.52 bits per heavy atom. The minimum atomic E-state index is -0.454. The highest BCUT2D eigenvalue weighted by Gasteiger charge is 2.15. The van der Waals surface area contributed by atoms with Crippen molar-refractivity contribution in [2.45, 2.75) is 19.3 Å². The molecule has 0 saturated carbocycles. The summed E-state index contributed by atoms with van der Waals surface area (Å²) in [7, 11) is 0. The van der Waals surface area contributed by atoms with Crippen LogP contribution >= 0.6 is 15.9 Å². The molecule has 1 fully saturated rings. The molecule has 0 bridgehead atoms. The van der Waals surface area contributed by atoms with Crippen LogP contribution in [-0.2, 0) is 11.2 Å². The summed E-state index contributed by atoms with van der Waals surface area (Å²) in [5, 5.41) is 16.9. The Morgan fingerprint density at radius 3 is 2.95 bits per heavy atom. The van der Waals surface area contributed by atoms with Gasteiger partial charge in [-0.3, -0.25) is 14.9 Å². The van der Waals surface area contributed by atoms with Crippen LogP contribution in [0.5, 0.6) is 0 Å². The molecule has 0 aliphatic carbocycles. The van der Waals surface area contributed by atoms with Crippen molar-refractivity contribution in [1.29, 1.82) is 0 Å². The average Bonchev–Trinajstić information content (AvgIpc) is 2.94. The minimum absolute atomic E-state index is 0.0137. The maximum atomic E-state index is 11.9. The van der Waals surface area contributed by atoms with Crippen molar-refractivity contribution in [3.8, 4) is 0 Å². The zero-order valence-corrected chi connectivity index (χ0v) is 13.2. The fourth-order valence-electron chi connectivity index (χ4n) is 2.41. The van der Waals surface area contributed by atoms with Gasteiger partial charge in [0.2, 0.25) is 5.91 Å². The number of benzene rings is 1. The van der Waals surface area contributed by atoms with E-state index in [0.717, 1.165) is 25.1 Å². The zero-order valence-electron chi connectivity index (χ0n) is 11.6. The highest BCUT2D eigenvalue weighted by molar-refractivity contribution is 9.10. The van der Waals surface area contributed by atoms with Crippen molar-refractivity contribution in [2.24, 2.45) is 5.92 Å². The van der Waals surface area contributed by atoms with Crippen molar-refractivity contribution in [3.05, 3.63) is 38.3 Å². The van der Waals surface area contributed by atoms with E-state index >= 15 is 0 Å². The lowest BCUT2D eigenvalue weighted by atomic mass is 10.1. The number of carbonyl (C=O) groups is 1. The molecule has 6 nitrogen and oxygen atoms in total. The molecule has 0 aromatic heterocycles. The Balaban J connectivity index is 1.80. The van der Waals surface area contributed by atoms with Crippen molar-refractivity contribution in [1.82, 2.24) is 10.6 Å². The summed E-state index contributed by atoms with van der Waals surface area (Å²) >= 11 is 3.27. The molecule has 1 saturated heterocycles. The normalized spacial score (nSPS) is 17.7. The summed E-state index contributed by atoms with van der Waals surface area (Å²) < 4.78 is 0.590. The number of hydrogen-bond donors (Lipinski definition) is 2. The molecule has 1 aliphatic heterocycles. The lowest BCUT2D eigenvalue weighted by Gasteiger charge is -2.10. The summed E-state index contributed by atoms with van der Waals surface area (Å²) in [6.45, 7) is 2.77. The van der Waals surface area contributed by atoms with Crippen LogP contribution in [0, 0.1) is 16.0 Å². The van der Waals surface area contributed by atoms with Crippen LogP contribution in [0.3, 0.4) is 0 Å². The van der Waals surface area contributed by atoms with Crippen molar-refractivity contribution < 1.29 is 9.72 Å². The maximum absolute atomic E-state index is 11.9. The molecule has 1 unspecified atom stereocenters. The van der Waals surface area contributed by atoms with Gasteiger partial charge in [-0.15, -0.1) is 0 Å². The smallest absolute Gasteiger partial charge is 0.270 e. The van der Waals surface area contributed by atoms with Gasteiger partial charge in [0, 0.05) is 23.2 Å². The Hall–Kier alpha value is -1.47. The van der Waals surface area contributed by atoms with E-state index in [1.807, 2.05) is 0 Å². The van der Waals surface area contributed by atoms with E-state index in [0.29, 0.717) is 16.9 Å². The number of nitro benzene ring substituents is 1. The predicted octanol–water partition coefficient (Wildman–Crippen LogP) is 2.02. The Labute approximate surface area is 131 Å². The Morgan fingerprint density at radius 2 is 2.33 bits per heavy atom. The number of nitrogens with one attached hydrogen (secondary N) is 2. The maximum Gasteiger partial charge on any atom is 0.270 e. The molecule has 1 heterocycles. The van der Waals surface area contributed by atoms with Crippen LogP contribution < -0.4 is 10.6 Å². The standard InChI is InChI=1S/C14H18BrN3O3/c15-13-8-12(18(20)21)2-1-11(13)7-14(19)17-6-4-10-3-5-16-9-10/h1-2,8,10,16H,3-7,9H2,(H,17,19). The number of hydrogen-bond acceptors (Lipinski definition) is 4. The van der Waals surface area contributed by atoms with Gasteiger partial charge >= 0.3 is 0 Å². The van der Waals surface area contributed by atoms with Gasteiger partial charge in [-0.25, -0.2) is 0 Å². The van der Waals surface area contributed by atoms with Gasteiger partial charge in [0.15, 0.2) is 0 Å². The molecule has 0 radical (unpaired) electrons. The van der Waals surface area contributed by atoms with Crippen molar-refractivity contribution >= 4 is 27.5 Å². The lowest BCUT2D eigenvalue weighted by molar-refractivity contribution is -0.384. The third-order valence-electron chi connectivity index (χ3n) is 3.64. The molecule has 1 aromatic rings. The summed E-state index contributed by atoms with van der Waals surface area (Å²) in [6.07, 6.45) is 2.38. The lowest BCUT2D eigenvalue weighted by Crippen LogP contribution is -2.27. The highest BCUT2D eigenvalue weighted by atomic mass is 79.9. The van der Waals surface area contributed by atoms with Gasteiger partial charge in [-0.05, 0) is 37.4 Å². The fourth-order valence-corrected chi connectivity index (χ4v) is 2.91. The number of rotatable bonds is 6. The SMILES string of the molecule is O=C(Cc1ccc([N+](=O)[O-])cc1Br)NCCC1CCNC1. The second-order valence-electron chi connectivity index (χ2n) is 5.21. The third-order valence-corrected chi connectivity index (χ3v) is 4.37. The number of non-ortho nitro benzene ring substituents is 1. The summed E-state index contributed by atoms with van der Waals surface area (Å²) in [6, 6.07) is 4.45. The van der Waals surface area contributed by atoms with E-state index in [1.165, 1.54) is 18.6 Å². The summed E-state index contributed by atoms with van der Waals surface area (Å²) in [5.41, 5.74) is 0.764. The number of halogens is 1. The Bertz CT molecular complexity index is 530. The first-order valence-corrected chi connectivity index (χ1v) is 7.76. The number of nitro groups is 1. The molecular formula is C14H18BrN3O3. The van der Waals surface area contributed by atoms with E-state index in [2.05, 4.69) is 26.6 Å². The van der Waals surface area contributed by atoms with Crippen LogP contribution in [0.15, 0.2) is 22.7 Å². The van der Waals surface area contributed by atoms with Crippen LogP contribution in [-0.4, -0.2) is 30.5 Å². The summed E-state index contributed by atoms with van der Waals surface area (Å²) in [4.78, 5) is 22.1. The number of nitrogens with zero attached hydrogens (tertiary/aromatic N) is 1. The van der Waals surface area contributed by atoms with E-state index in [1.54, 1.807) is 6.07 Å². The molecule has 1 aliphatic rings. The van der Waals surface area contributed by atoms with Gasteiger partial charge in [0.25, 0.3) is 5.69 Å². The van der Waals surface area contributed by atoms with E-state index in [9.17, 15) is 14.9 Å². The van der Waals surface area contributed by atoms with Crippen molar-refractivity contribution in [2.75, 3.05) is 19.6 Å². The Kier molecular flexibility index (Phi) is 5.69. The van der Waals surface area contributed by atoms with E-state index < -0.39 is 4.92 Å². The minimum Gasteiger partial charge on any atom is -0.356 e. The van der Waals surface area contributed by atoms with E-state index in [-0.39, 0.29) is 18.0 Å². The predicted molar refractivity (Wildman–Crippen MR) is 83.1 cm³/mol. The van der Waals surface area contributed by atoms with Gasteiger partial charge in [0.05, 0.1) is 11.3 Å². The molecule has 0 spiro atoms. The van der Waals surface area contributed by atoms with Crippen molar-refractivity contribution in [3.63, 3.8) is 0 Å². The second kappa shape index (κ2) is 7.51.